The largest absolute Gasteiger partial charge is 0.497 e. The van der Waals surface area contributed by atoms with Gasteiger partial charge in [-0.2, -0.15) is 0 Å². The first-order valence-electron chi connectivity index (χ1n) is 9.82. The van der Waals surface area contributed by atoms with Crippen molar-refractivity contribution in [1.29, 1.82) is 0 Å². The Morgan fingerprint density at radius 1 is 0.875 bits per heavy atom. The summed E-state index contributed by atoms with van der Waals surface area (Å²) in [4.78, 5) is 24.8. The maximum Gasteiger partial charge on any atom is 0.336 e. The highest BCUT2D eigenvalue weighted by molar-refractivity contribution is 6.14. The fourth-order valence-electron chi connectivity index (χ4n) is 3.17. The third-order valence-electron chi connectivity index (χ3n) is 4.78. The molecule has 0 spiro atoms. The number of carbonyl (C=O) groups is 2. The molecule has 0 N–H and O–H groups in total. The molecule has 0 saturated heterocycles. The lowest BCUT2D eigenvalue weighted by atomic mass is 10.1. The molecule has 0 unspecified atom stereocenters. The molecule has 1 aliphatic rings. The number of ketones is 1. The lowest BCUT2D eigenvalue weighted by Gasteiger charge is -2.09. The Bertz CT molecular complexity index is 1220. The predicted octanol–water partition coefficient (Wildman–Crippen LogP) is 4.94. The molecule has 0 bridgehead atoms. The Kier molecular flexibility index (Phi) is 6.03. The maximum absolute atomic E-state index is 12.6. The van der Waals surface area contributed by atoms with Crippen molar-refractivity contribution in [2.75, 3.05) is 14.2 Å². The molecule has 0 radical (unpaired) electrons. The van der Waals surface area contributed by atoms with E-state index in [4.69, 9.17) is 18.9 Å². The van der Waals surface area contributed by atoms with Crippen LogP contribution >= 0.6 is 0 Å². The third kappa shape index (κ3) is 4.54. The number of hydrogen-bond donors (Lipinski definition) is 0. The number of fused-ring (bicyclic) bond motifs is 1. The molecule has 1 aliphatic heterocycles. The van der Waals surface area contributed by atoms with Gasteiger partial charge < -0.3 is 18.9 Å². The molecule has 0 aromatic heterocycles. The zero-order valence-corrected chi connectivity index (χ0v) is 17.5. The Balaban J connectivity index is 1.51. The predicted molar refractivity (Wildman–Crippen MR) is 120 cm³/mol. The van der Waals surface area contributed by atoms with Crippen LogP contribution in [0.2, 0.25) is 0 Å². The number of allylic oxidation sites excluding steroid dienone is 1. The highest BCUT2D eigenvalue weighted by atomic mass is 16.6. The smallest absolute Gasteiger partial charge is 0.336 e. The zero-order valence-electron chi connectivity index (χ0n) is 17.5. The topological polar surface area (TPSA) is 71.1 Å². The van der Waals surface area contributed by atoms with Crippen molar-refractivity contribution in [3.8, 4) is 23.0 Å². The van der Waals surface area contributed by atoms with Crippen LogP contribution < -0.4 is 18.9 Å². The lowest BCUT2D eigenvalue weighted by Crippen LogP contribution is -2.05. The molecule has 1 heterocycles. The van der Waals surface area contributed by atoms with Gasteiger partial charge in [0.25, 0.3) is 0 Å². The lowest BCUT2D eigenvalue weighted by molar-refractivity contribution is -0.129. The highest BCUT2D eigenvalue weighted by Crippen LogP contribution is 2.36. The minimum atomic E-state index is -0.531. The van der Waals surface area contributed by atoms with Crippen molar-refractivity contribution in [1.82, 2.24) is 0 Å². The van der Waals surface area contributed by atoms with Crippen molar-refractivity contribution in [2.45, 2.75) is 0 Å². The number of benzene rings is 3. The van der Waals surface area contributed by atoms with Crippen LogP contribution in [0.15, 0.2) is 78.6 Å². The summed E-state index contributed by atoms with van der Waals surface area (Å²) in [6, 6.07) is 19.5. The normalized spacial score (nSPS) is 13.7. The molecular formula is C26H20O6. The molecule has 3 aromatic carbocycles. The van der Waals surface area contributed by atoms with E-state index in [0.29, 0.717) is 28.4 Å². The number of carbonyl (C=O) groups excluding carboxylic acids is 2. The quantitative estimate of drug-likeness (QED) is 0.315. The molecule has 0 fully saturated rings. The van der Waals surface area contributed by atoms with E-state index in [1.807, 2.05) is 30.3 Å². The van der Waals surface area contributed by atoms with Crippen LogP contribution in [0.4, 0.5) is 0 Å². The molecule has 6 heteroatoms. The summed E-state index contributed by atoms with van der Waals surface area (Å²) in [5.74, 6) is 1.11. The number of ether oxygens (including phenoxy) is 4. The van der Waals surface area contributed by atoms with E-state index >= 15 is 0 Å². The SMILES string of the molecule is COc1ccc2c(c1)O/C(=C\c1ccc(OC(=O)/C=C/c3ccccc3)c(OC)c1)C2=O. The molecule has 6 nitrogen and oxygen atoms in total. The van der Waals surface area contributed by atoms with E-state index in [0.717, 1.165) is 5.56 Å². The summed E-state index contributed by atoms with van der Waals surface area (Å²) in [5, 5.41) is 0. The standard InChI is InChI=1S/C26H20O6/c1-29-19-10-11-20-22(16-19)31-24(26(20)28)15-18-8-12-21(23(14-18)30-2)32-25(27)13-9-17-6-4-3-5-7-17/h3-16H,1-2H3/b13-9+,24-15-. The summed E-state index contributed by atoms with van der Waals surface area (Å²) in [6.07, 6.45) is 4.63. The fraction of sp³-hybridized carbons (Fsp3) is 0.0769. The Labute approximate surface area is 185 Å². The number of rotatable bonds is 6. The zero-order chi connectivity index (χ0) is 22.5. The molecule has 32 heavy (non-hydrogen) atoms. The summed E-state index contributed by atoms with van der Waals surface area (Å²) >= 11 is 0. The Hall–Kier alpha value is -4.32. The number of Topliss-reactive ketones (excluding diaryl/α,β-unsaturated/α-hetero) is 1. The number of methoxy groups -OCH3 is 2. The van der Waals surface area contributed by atoms with Crippen LogP contribution in [-0.4, -0.2) is 26.0 Å². The van der Waals surface area contributed by atoms with Gasteiger partial charge in [-0.05, 0) is 47.5 Å². The first-order valence-corrected chi connectivity index (χ1v) is 9.82. The monoisotopic (exact) mass is 428 g/mol. The Morgan fingerprint density at radius 3 is 2.44 bits per heavy atom. The van der Waals surface area contributed by atoms with Crippen LogP contribution in [0.5, 0.6) is 23.0 Å². The van der Waals surface area contributed by atoms with Crippen molar-refractivity contribution < 1.29 is 28.5 Å². The van der Waals surface area contributed by atoms with Crippen LogP contribution in [0.3, 0.4) is 0 Å². The summed E-state index contributed by atoms with van der Waals surface area (Å²) in [7, 11) is 3.02. The van der Waals surface area contributed by atoms with Gasteiger partial charge in [0, 0.05) is 12.1 Å². The molecule has 4 rings (SSSR count). The van der Waals surface area contributed by atoms with Gasteiger partial charge in [0.2, 0.25) is 5.78 Å². The number of hydrogen-bond acceptors (Lipinski definition) is 6. The van der Waals surface area contributed by atoms with Crippen molar-refractivity contribution in [3.05, 3.63) is 95.3 Å². The molecule has 3 aromatic rings. The van der Waals surface area contributed by atoms with Gasteiger partial charge in [-0.1, -0.05) is 36.4 Å². The van der Waals surface area contributed by atoms with Crippen molar-refractivity contribution in [3.63, 3.8) is 0 Å². The minimum Gasteiger partial charge on any atom is -0.497 e. The van der Waals surface area contributed by atoms with E-state index < -0.39 is 5.97 Å². The van der Waals surface area contributed by atoms with Crippen LogP contribution in [0.25, 0.3) is 12.2 Å². The van der Waals surface area contributed by atoms with Crippen LogP contribution in [-0.2, 0) is 4.79 Å². The second-order valence-electron chi connectivity index (χ2n) is 6.88. The van der Waals surface area contributed by atoms with Gasteiger partial charge >= 0.3 is 5.97 Å². The second-order valence-corrected chi connectivity index (χ2v) is 6.88. The van der Waals surface area contributed by atoms with Crippen LogP contribution in [0.1, 0.15) is 21.5 Å². The Morgan fingerprint density at radius 2 is 1.69 bits per heavy atom. The fourth-order valence-corrected chi connectivity index (χ4v) is 3.17. The molecular weight excluding hydrogens is 408 g/mol. The first kappa shape index (κ1) is 20.9. The van der Waals surface area contributed by atoms with Gasteiger partial charge in [-0.15, -0.1) is 0 Å². The average molecular weight is 428 g/mol. The summed E-state index contributed by atoms with van der Waals surface area (Å²) in [6.45, 7) is 0. The first-order chi connectivity index (χ1) is 15.6. The van der Waals surface area contributed by atoms with Gasteiger partial charge in [0.1, 0.15) is 11.5 Å². The van der Waals surface area contributed by atoms with Crippen molar-refractivity contribution >= 4 is 23.9 Å². The minimum absolute atomic E-state index is 0.186. The second kappa shape index (κ2) is 9.22. The van der Waals surface area contributed by atoms with Gasteiger partial charge in [0.05, 0.1) is 19.8 Å². The summed E-state index contributed by atoms with van der Waals surface area (Å²) in [5.41, 5.74) is 2.02. The molecule has 0 atom stereocenters. The molecule has 160 valence electrons. The third-order valence-corrected chi connectivity index (χ3v) is 4.78. The van der Waals surface area contributed by atoms with E-state index in [1.165, 1.54) is 13.2 Å². The highest BCUT2D eigenvalue weighted by Gasteiger charge is 2.27. The molecule has 0 aliphatic carbocycles. The van der Waals surface area contributed by atoms with E-state index in [1.54, 1.807) is 55.7 Å². The number of esters is 1. The molecule has 0 amide bonds. The average Bonchev–Trinajstić information content (AvgIpc) is 3.13. The molecule has 0 saturated carbocycles. The van der Waals surface area contributed by atoms with E-state index in [2.05, 4.69) is 0 Å². The van der Waals surface area contributed by atoms with Gasteiger partial charge in [-0.25, -0.2) is 4.79 Å². The van der Waals surface area contributed by atoms with Crippen LogP contribution in [0, 0.1) is 0 Å². The van der Waals surface area contributed by atoms with Gasteiger partial charge in [0.15, 0.2) is 17.3 Å². The maximum atomic E-state index is 12.6. The van der Waals surface area contributed by atoms with E-state index in [9.17, 15) is 9.59 Å². The van der Waals surface area contributed by atoms with E-state index in [-0.39, 0.29) is 17.3 Å². The van der Waals surface area contributed by atoms with Crippen molar-refractivity contribution in [2.24, 2.45) is 0 Å². The summed E-state index contributed by atoms with van der Waals surface area (Å²) < 4.78 is 21.6. The van der Waals surface area contributed by atoms with Gasteiger partial charge in [-0.3, -0.25) is 4.79 Å².